The average molecular weight is 1080 g/mol. The summed E-state index contributed by atoms with van der Waals surface area (Å²) in [6, 6.07) is 22.1. The predicted molar refractivity (Wildman–Crippen MR) is 300 cm³/mol. The Kier molecular flexibility index (Phi) is 22.3. The van der Waals surface area contributed by atoms with E-state index >= 15 is 0 Å². The molecule has 2 fully saturated rings. The molecule has 0 saturated carbocycles. The van der Waals surface area contributed by atoms with Crippen LogP contribution in [0.3, 0.4) is 0 Å². The van der Waals surface area contributed by atoms with Crippen LogP contribution in [0.4, 0.5) is 21.0 Å². The van der Waals surface area contributed by atoms with Crippen LogP contribution in [0.15, 0.2) is 72.8 Å². The number of hydrogen-bond acceptors (Lipinski definition) is 15. The van der Waals surface area contributed by atoms with Gasteiger partial charge in [-0.2, -0.15) is 0 Å². The number of amides is 4. The van der Waals surface area contributed by atoms with Crippen molar-refractivity contribution in [3.8, 4) is 23.0 Å². The zero-order valence-electron chi connectivity index (χ0n) is 47.9. The number of hydrogen-bond donors (Lipinski definition) is 3. The number of nitrogens with one attached hydrogen (secondary N) is 2. The third kappa shape index (κ3) is 17.6. The summed E-state index contributed by atoms with van der Waals surface area (Å²) >= 11 is 0. The highest BCUT2D eigenvalue weighted by molar-refractivity contribution is 5.98. The number of esters is 1. The first kappa shape index (κ1) is 61.4. The smallest absolute Gasteiger partial charge is 0.410 e. The molecule has 4 aromatic carbocycles. The van der Waals surface area contributed by atoms with Crippen molar-refractivity contribution < 1.29 is 62.2 Å². The maximum Gasteiger partial charge on any atom is 0.410 e. The molecular formula is C59H82N6O13. The summed E-state index contributed by atoms with van der Waals surface area (Å²) in [7, 11) is 7.65. The van der Waals surface area contributed by atoms with Crippen molar-refractivity contribution in [2.24, 2.45) is 0 Å². The number of anilines is 2. The number of piperazine rings is 2. The van der Waals surface area contributed by atoms with Crippen LogP contribution in [0, 0.1) is 0 Å². The van der Waals surface area contributed by atoms with Gasteiger partial charge in [0, 0.05) is 87.9 Å². The SMILES string of the molecule is COC(=O)CCc1ccc(N2CCN(C(=O)OC(C)(C)C)CC2)cc1C(=O)N[C@H](C)c1ccc(OC)c(OC)c1.COc1ccc([C@@H](C)NC(=O)c2cc(N3CCN(C(=O)OC(C)(C)C)CC3)ccc2CCCO)cc1OC. The van der Waals surface area contributed by atoms with E-state index in [9.17, 15) is 29.1 Å². The zero-order chi connectivity index (χ0) is 57.3. The third-order valence-corrected chi connectivity index (χ3v) is 13.2. The molecule has 4 aromatic rings. The van der Waals surface area contributed by atoms with Crippen molar-refractivity contribution >= 4 is 41.3 Å². The van der Waals surface area contributed by atoms with Gasteiger partial charge in [0.1, 0.15) is 11.2 Å². The predicted octanol–water partition coefficient (Wildman–Crippen LogP) is 8.53. The van der Waals surface area contributed by atoms with Crippen LogP contribution >= 0.6 is 0 Å². The van der Waals surface area contributed by atoms with E-state index in [1.165, 1.54) is 7.11 Å². The lowest BCUT2D eigenvalue weighted by atomic mass is 9.99. The molecular weight excluding hydrogens is 1000 g/mol. The fourth-order valence-electron chi connectivity index (χ4n) is 8.90. The highest BCUT2D eigenvalue weighted by atomic mass is 16.6. The highest BCUT2D eigenvalue weighted by Gasteiger charge is 2.29. The standard InChI is InChI=1S/C30H41N3O7.C29H41N3O6/c1-20(22-9-12-25(37-5)26(18-22)38-6)31-28(35)24-19-23(11-8-21(24)10-13-27(34)39-7)32-14-16-33(17-15-32)29(36)40-30(2,3)4;1-20(22-10-12-25(36-5)26(18-22)37-6)30-27(34)24-19-23(11-9-21(24)8-7-17-33)31-13-15-32(16-14-31)28(35)38-29(2,3)4/h8-9,11-12,18-20H,10,13-17H2,1-7H3,(H,31,35);9-12,18-20,33H,7-8,13-17H2,1-6H3,(H,30,34)/t2*20-/m11/s1. The molecule has 0 aromatic heterocycles. The molecule has 4 amide bonds. The van der Waals surface area contributed by atoms with E-state index in [-0.39, 0.29) is 55.1 Å². The second-order valence-corrected chi connectivity index (χ2v) is 21.1. The minimum absolute atomic E-state index is 0.0531. The lowest BCUT2D eigenvalue weighted by molar-refractivity contribution is -0.140. The van der Waals surface area contributed by atoms with E-state index in [0.717, 1.165) is 33.6 Å². The van der Waals surface area contributed by atoms with Gasteiger partial charge in [-0.3, -0.25) is 14.4 Å². The summed E-state index contributed by atoms with van der Waals surface area (Å²) in [5, 5.41) is 15.6. The molecule has 19 nitrogen and oxygen atoms in total. The van der Waals surface area contributed by atoms with Crippen LogP contribution in [-0.2, 0) is 31.8 Å². The fourth-order valence-corrected chi connectivity index (χ4v) is 8.90. The van der Waals surface area contributed by atoms with Crippen molar-refractivity contribution in [2.45, 2.75) is 104 Å². The Bertz CT molecular complexity index is 2670. The van der Waals surface area contributed by atoms with Gasteiger partial charge in [0.05, 0.1) is 47.6 Å². The number of ether oxygens (including phenoxy) is 7. The highest BCUT2D eigenvalue weighted by Crippen LogP contribution is 2.33. The van der Waals surface area contributed by atoms with Crippen molar-refractivity contribution in [3.05, 3.63) is 106 Å². The molecule has 0 radical (unpaired) electrons. The molecule has 78 heavy (non-hydrogen) atoms. The molecule has 6 rings (SSSR count). The second kappa shape index (κ2) is 28.3. The van der Waals surface area contributed by atoms with Gasteiger partial charge in [-0.05, 0) is 145 Å². The van der Waals surface area contributed by atoms with E-state index in [1.54, 1.807) is 44.3 Å². The summed E-state index contributed by atoms with van der Waals surface area (Å²) in [6.45, 7) is 19.6. The Morgan fingerprint density at radius 3 is 1.26 bits per heavy atom. The van der Waals surface area contributed by atoms with Gasteiger partial charge in [-0.1, -0.05) is 24.3 Å². The molecule has 3 N–H and O–H groups in total. The molecule has 2 atom stereocenters. The van der Waals surface area contributed by atoms with Gasteiger partial charge < -0.3 is 68.5 Å². The number of aliphatic hydroxyl groups is 1. The first-order valence-electron chi connectivity index (χ1n) is 26.5. The van der Waals surface area contributed by atoms with E-state index < -0.39 is 11.2 Å². The van der Waals surface area contributed by atoms with Crippen molar-refractivity contribution in [2.75, 3.05) is 104 Å². The minimum Gasteiger partial charge on any atom is -0.493 e. The third-order valence-electron chi connectivity index (χ3n) is 13.2. The van der Waals surface area contributed by atoms with Gasteiger partial charge in [-0.15, -0.1) is 0 Å². The number of carbonyl (C=O) groups excluding carboxylic acids is 5. The maximum atomic E-state index is 13.6. The second-order valence-electron chi connectivity index (χ2n) is 21.1. The topological polar surface area (TPSA) is 207 Å². The number of carbonyl (C=O) groups is 5. The van der Waals surface area contributed by atoms with E-state index in [0.29, 0.717) is 106 Å². The van der Waals surface area contributed by atoms with Gasteiger partial charge in [0.25, 0.3) is 11.8 Å². The van der Waals surface area contributed by atoms with Gasteiger partial charge >= 0.3 is 18.2 Å². The van der Waals surface area contributed by atoms with Crippen LogP contribution in [0.5, 0.6) is 23.0 Å². The van der Waals surface area contributed by atoms with Gasteiger partial charge in [-0.25, -0.2) is 9.59 Å². The molecule has 0 unspecified atom stereocenters. The van der Waals surface area contributed by atoms with Crippen molar-refractivity contribution in [1.29, 1.82) is 0 Å². The van der Waals surface area contributed by atoms with Gasteiger partial charge in [0.2, 0.25) is 0 Å². The number of benzene rings is 4. The van der Waals surface area contributed by atoms with Crippen molar-refractivity contribution in [1.82, 2.24) is 20.4 Å². The monoisotopic (exact) mass is 1080 g/mol. The molecule has 0 bridgehead atoms. The Morgan fingerprint density at radius 1 is 0.526 bits per heavy atom. The van der Waals surface area contributed by atoms with Crippen LogP contribution in [-0.4, -0.2) is 151 Å². The number of aryl methyl sites for hydroxylation is 2. The van der Waals surface area contributed by atoms with E-state index in [4.69, 9.17) is 33.2 Å². The Morgan fingerprint density at radius 2 is 0.910 bits per heavy atom. The van der Waals surface area contributed by atoms with Crippen LogP contribution in [0.1, 0.15) is 123 Å². The lowest BCUT2D eigenvalue weighted by Gasteiger charge is -2.37. The molecule has 0 spiro atoms. The molecule has 2 saturated heterocycles. The summed E-state index contributed by atoms with van der Waals surface area (Å²) in [6.07, 6.45) is 1.06. The Hall–Kier alpha value is -7.41. The summed E-state index contributed by atoms with van der Waals surface area (Å²) in [5.74, 6) is 1.63. The van der Waals surface area contributed by atoms with Crippen LogP contribution in [0.2, 0.25) is 0 Å². The number of rotatable bonds is 18. The Balaban J connectivity index is 0.000000288. The largest absolute Gasteiger partial charge is 0.493 e. The average Bonchev–Trinajstić information content (AvgIpc) is 3.44. The number of nitrogens with zero attached hydrogens (tertiary/aromatic N) is 4. The molecule has 19 heteroatoms. The number of methoxy groups -OCH3 is 5. The minimum atomic E-state index is -0.551. The molecule has 426 valence electrons. The van der Waals surface area contributed by atoms with Crippen LogP contribution < -0.4 is 39.4 Å². The molecule has 2 aliphatic rings. The zero-order valence-corrected chi connectivity index (χ0v) is 47.9. The molecule has 2 aliphatic heterocycles. The van der Waals surface area contributed by atoms with Crippen molar-refractivity contribution in [3.63, 3.8) is 0 Å². The summed E-state index contributed by atoms with van der Waals surface area (Å²) in [5.41, 5.74) is 5.16. The normalized spacial score (nSPS) is 14.4. The molecule has 2 heterocycles. The molecule has 0 aliphatic carbocycles. The lowest BCUT2D eigenvalue weighted by Crippen LogP contribution is -2.50. The maximum absolute atomic E-state index is 13.6. The fraction of sp³-hybridized carbons (Fsp3) is 0.508. The summed E-state index contributed by atoms with van der Waals surface area (Å²) < 4.78 is 37.3. The van der Waals surface area contributed by atoms with Crippen LogP contribution in [0.25, 0.3) is 0 Å². The number of aliphatic hydroxyl groups excluding tert-OH is 1. The van der Waals surface area contributed by atoms with Gasteiger partial charge in [0.15, 0.2) is 23.0 Å². The van der Waals surface area contributed by atoms with E-state index in [1.807, 2.05) is 122 Å². The first-order chi connectivity index (χ1) is 37.0. The first-order valence-corrected chi connectivity index (χ1v) is 26.5. The quantitative estimate of drug-likeness (QED) is 0.0631. The Labute approximate surface area is 460 Å². The van der Waals surface area contributed by atoms with E-state index in [2.05, 4.69) is 20.4 Å². The summed E-state index contributed by atoms with van der Waals surface area (Å²) in [4.78, 5) is 71.5.